The topological polar surface area (TPSA) is 90.8 Å². The first-order chi connectivity index (χ1) is 14.9. The molecule has 1 spiro atoms. The number of carbonyl (C=O) groups is 1. The Kier molecular flexibility index (Phi) is 6.80. The molecule has 1 aromatic heterocycles. The number of para-hydroxylation sites is 1. The minimum absolute atomic E-state index is 0.0472. The highest BCUT2D eigenvalue weighted by atomic mass is 32.2. The highest BCUT2D eigenvalue weighted by Crippen LogP contribution is 2.47. The van der Waals surface area contributed by atoms with E-state index >= 15 is 0 Å². The van der Waals surface area contributed by atoms with E-state index in [0.29, 0.717) is 6.54 Å². The number of benzene rings is 1. The lowest BCUT2D eigenvalue weighted by molar-refractivity contribution is -0.192. The first-order valence-electron chi connectivity index (χ1n) is 9.91. The van der Waals surface area contributed by atoms with E-state index in [1.54, 1.807) is 4.31 Å². The van der Waals surface area contributed by atoms with Gasteiger partial charge in [0.05, 0.1) is 11.9 Å². The Morgan fingerprint density at radius 1 is 1.12 bits per heavy atom. The quantitative estimate of drug-likeness (QED) is 0.740. The molecule has 1 fully saturated rings. The Balaban J connectivity index is 0.000000360. The average molecular weight is 472 g/mol. The van der Waals surface area contributed by atoms with Crippen LogP contribution in [0.2, 0.25) is 0 Å². The summed E-state index contributed by atoms with van der Waals surface area (Å²) in [5, 5.41) is 7.12. The molecule has 32 heavy (non-hydrogen) atoms. The summed E-state index contributed by atoms with van der Waals surface area (Å²) in [6.45, 7) is 3.47. The van der Waals surface area contributed by atoms with Crippen LogP contribution in [-0.2, 0) is 26.8 Å². The Labute approximate surface area is 184 Å². The van der Waals surface area contributed by atoms with E-state index in [1.807, 2.05) is 30.6 Å². The molecule has 0 unspecified atom stereocenters. The van der Waals surface area contributed by atoms with Crippen molar-refractivity contribution in [3.63, 3.8) is 0 Å². The van der Waals surface area contributed by atoms with Crippen LogP contribution in [0.5, 0.6) is 0 Å². The summed E-state index contributed by atoms with van der Waals surface area (Å²) in [5.41, 5.74) is 3.29. The Bertz CT molecular complexity index is 1050. The lowest BCUT2D eigenvalue weighted by Gasteiger charge is -2.39. The van der Waals surface area contributed by atoms with Crippen LogP contribution in [0.1, 0.15) is 24.0 Å². The summed E-state index contributed by atoms with van der Waals surface area (Å²) in [6.07, 6.45) is 1.86. The van der Waals surface area contributed by atoms with E-state index in [4.69, 9.17) is 9.90 Å². The number of alkyl halides is 3. The molecule has 174 valence electrons. The molecule has 0 saturated carbocycles. The van der Waals surface area contributed by atoms with Crippen molar-refractivity contribution in [2.24, 2.45) is 0 Å². The van der Waals surface area contributed by atoms with Crippen LogP contribution in [0, 0.1) is 0 Å². The average Bonchev–Trinajstić information content (AvgIpc) is 3.05. The summed E-state index contributed by atoms with van der Waals surface area (Å²) < 4.78 is 57.8. The lowest BCUT2D eigenvalue weighted by atomic mass is 9.74. The van der Waals surface area contributed by atoms with Crippen molar-refractivity contribution in [2.45, 2.75) is 31.0 Å². The van der Waals surface area contributed by atoms with E-state index in [-0.39, 0.29) is 5.41 Å². The molecule has 0 amide bonds. The molecule has 1 saturated heterocycles. The number of piperidine rings is 1. The molecule has 3 heterocycles. The van der Waals surface area contributed by atoms with Crippen LogP contribution < -0.4 is 4.31 Å². The molecule has 1 N–H and O–H groups in total. The largest absolute Gasteiger partial charge is 0.490 e. The molecule has 0 radical (unpaired) electrons. The monoisotopic (exact) mass is 471 g/mol. The van der Waals surface area contributed by atoms with E-state index < -0.39 is 22.2 Å². The number of carboxylic acids is 1. The van der Waals surface area contributed by atoms with Crippen LogP contribution in [0.25, 0.3) is 0 Å². The van der Waals surface area contributed by atoms with Gasteiger partial charge in [-0.1, -0.05) is 18.2 Å². The molecule has 4 rings (SSSR count). The van der Waals surface area contributed by atoms with E-state index in [9.17, 15) is 21.6 Å². The van der Waals surface area contributed by atoms with E-state index in [2.05, 4.69) is 28.1 Å². The van der Waals surface area contributed by atoms with Gasteiger partial charge in [0, 0.05) is 30.9 Å². The smallest absolute Gasteiger partial charge is 0.475 e. The predicted molar refractivity (Wildman–Crippen MR) is 113 cm³/mol. The lowest BCUT2D eigenvalue weighted by Crippen LogP contribution is -2.45. The third-order valence-electron chi connectivity index (χ3n) is 5.80. The minimum Gasteiger partial charge on any atom is -0.475 e. The van der Waals surface area contributed by atoms with Crippen molar-refractivity contribution in [3.8, 4) is 0 Å². The molecular formula is C21H24F3N3O4S. The summed E-state index contributed by atoms with van der Waals surface area (Å²) in [6, 6.07) is 12.1. The number of likely N-dealkylation sites (tertiary alicyclic amines) is 1. The second kappa shape index (κ2) is 9.07. The van der Waals surface area contributed by atoms with Gasteiger partial charge >= 0.3 is 12.1 Å². The van der Waals surface area contributed by atoms with Gasteiger partial charge in [-0.2, -0.15) is 13.2 Å². The molecule has 0 atom stereocenters. The zero-order valence-corrected chi connectivity index (χ0v) is 18.2. The normalized spacial score (nSPS) is 18.1. The van der Waals surface area contributed by atoms with Crippen molar-refractivity contribution in [1.29, 1.82) is 0 Å². The standard InChI is InChI=1S/C19H23N3O2S.C2HF3O2/c1-25(23,24)22-15-19(17-4-2-3-5-18(17)22)8-12-21(13-9-19)14-16-6-10-20-11-7-16;3-2(4,5)1(6)7/h2-7,10-11H,8-9,12-15H2,1H3;(H,6,7). The molecule has 7 nitrogen and oxygen atoms in total. The fourth-order valence-corrected chi connectivity index (χ4v) is 5.19. The molecule has 1 aromatic carbocycles. The zero-order valence-electron chi connectivity index (χ0n) is 17.4. The Morgan fingerprint density at radius 3 is 2.22 bits per heavy atom. The maximum atomic E-state index is 12.2. The maximum Gasteiger partial charge on any atom is 0.490 e. The van der Waals surface area contributed by atoms with Gasteiger partial charge < -0.3 is 5.11 Å². The van der Waals surface area contributed by atoms with E-state index in [1.165, 1.54) is 17.4 Å². The summed E-state index contributed by atoms with van der Waals surface area (Å²) in [4.78, 5) is 15.4. The SMILES string of the molecule is CS(=O)(=O)N1CC2(CCN(Cc3ccncc3)CC2)c2ccccc21.O=C(O)C(F)(F)F. The third kappa shape index (κ3) is 5.39. The molecule has 0 aliphatic carbocycles. The summed E-state index contributed by atoms with van der Waals surface area (Å²) in [7, 11) is -3.24. The molecule has 2 aliphatic heterocycles. The van der Waals surface area contributed by atoms with Gasteiger partial charge in [0.15, 0.2) is 0 Å². The minimum atomic E-state index is -5.08. The van der Waals surface area contributed by atoms with Crippen molar-refractivity contribution in [2.75, 3.05) is 30.2 Å². The second-order valence-corrected chi connectivity index (χ2v) is 9.91. The van der Waals surface area contributed by atoms with Crippen molar-refractivity contribution >= 4 is 21.7 Å². The van der Waals surface area contributed by atoms with Crippen LogP contribution in [0.4, 0.5) is 18.9 Å². The number of anilines is 1. The number of aromatic nitrogens is 1. The van der Waals surface area contributed by atoms with Gasteiger partial charge in [0.2, 0.25) is 10.0 Å². The van der Waals surface area contributed by atoms with Crippen LogP contribution in [0.15, 0.2) is 48.8 Å². The number of sulfonamides is 1. The second-order valence-electron chi connectivity index (χ2n) is 8.00. The number of pyridine rings is 1. The van der Waals surface area contributed by atoms with Crippen LogP contribution in [0.3, 0.4) is 0 Å². The number of halogens is 3. The van der Waals surface area contributed by atoms with Crippen molar-refractivity contribution in [1.82, 2.24) is 9.88 Å². The third-order valence-corrected chi connectivity index (χ3v) is 6.93. The highest BCUT2D eigenvalue weighted by molar-refractivity contribution is 7.92. The first-order valence-corrected chi connectivity index (χ1v) is 11.8. The summed E-state index contributed by atoms with van der Waals surface area (Å²) >= 11 is 0. The van der Waals surface area contributed by atoms with Gasteiger partial charge in [0.1, 0.15) is 0 Å². The van der Waals surface area contributed by atoms with Crippen LogP contribution in [-0.4, -0.2) is 61.4 Å². The Morgan fingerprint density at radius 2 is 1.69 bits per heavy atom. The van der Waals surface area contributed by atoms with Crippen molar-refractivity contribution < 1.29 is 31.5 Å². The van der Waals surface area contributed by atoms with Gasteiger partial charge in [0.25, 0.3) is 0 Å². The zero-order chi connectivity index (χ0) is 23.6. The van der Waals surface area contributed by atoms with Gasteiger partial charge in [-0.25, -0.2) is 13.2 Å². The summed E-state index contributed by atoms with van der Waals surface area (Å²) in [5.74, 6) is -2.76. The maximum absolute atomic E-state index is 12.2. The fourth-order valence-electron chi connectivity index (χ4n) is 4.19. The number of hydrogen-bond acceptors (Lipinski definition) is 5. The van der Waals surface area contributed by atoms with Crippen LogP contribution >= 0.6 is 0 Å². The number of fused-ring (bicyclic) bond motifs is 2. The molecule has 2 aliphatic rings. The fraction of sp³-hybridized carbons (Fsp3) is 0.429. The van der Waals surface area contributed by atoms with Gasteiger partial charge in [-0.3, -0.25) is 14.2 Å². The number of aliphatic carboxylic acids is 1. The number of carboxylic acid groups (broad SMARTS) is 1. The number of hydrogen-bond donors (Lipinski definition) is 1. The molecule has 2 aromatic rings. The van der Waals surface area contributed by atoms with Gasteiger partial charge in [-0.05, 0) is 55.3 Å². The van der Waals surface area contributed by atoms with E-state index in [0.717, 1.165) is 38.2 Å². The first kappa shape index (κ1) is 24.0. The molecule has 0 bridgehead atoms. The van der Waals surface area contributed by atoms with Gasteiger partial charge in [-0.15, -0.1) is 0 Å². The molecule has 11 heteroatoms. The number of rotatable bonds is 3. The predicted octanol–water partition coefficient (Wildman–Crippen LogP) is 3.03. The Hall–Kier alpha value is -2.66. The highest BCUT2D eigenvalue weighted by Gasteiger charge is 2.46. The number of nitrogens with zero attached hydrogens (tertiary/aromatic N) is 3. The van der Waals surface area contributed by atoms with Crippen molar-refractivity contribution in [3.05, 3.63) is 59.9 Å². The molecular weight excluding hydrogens is 447 g/mol.